The molecule has 0 aliphatic carbocycles. The van der Waals surface area contributed by atoms with Gasteiger partial charge in [0.05, 0.1) is 5.56 Å². The van der Waals surface area contributed by atoms with Gasteiger partial charge in [-0.2, -0.15) is 0 Å². The molecule has 2 N–H and O–H groups in total. The van der Waals surface area contributed by atoms with Crippen LogP contribution in [0.1, 0.15) is 23.2 Å². The fourth-order valence-electron chi connectivity index (χ4n) is 3.02. The van der Waals surface area contributed by atoms with Crippen LogP contribution in [0.5, 0.6) is 0 Å². The molecule has 1 saturated heterocycles. The van der Waals surface area contributed by atoms with Crippen LogP contribution in [0.15, 0.2) is 23.4 Å². The summed E-state index contributed by atoms with van der Waals surface area (Å²) in [6.45, 7) is 2.84. The molecule has 3 amide bonds. The second-order valence-electron chi connectivity index (χ2n) is 7.07. The minimum Gasteiger partial charge on any atom is -0.348 e. The van der Waals surface area contributed by atoms with E-state index < -0.39 is 11.8 Å². The molecule has 1 aliphatic heterocycles. The number of carbonyl (C=O) groups excluding carboxylic acids is 3. The zero-order chi connectivity index (χ0) is 20.5. The number of piperidine rings is 1. The highest BCUT2D eigenvalue weighted by Gasteiger charge is 2.26. The van der Waals surface area contributed by atoms with Crippen LogP contribution >= 0.6 is 11.8 Å². The zero-order valence-electron chi connectivity index (χ0n) is 16.7. The Morgan fingerprint density at radius 1 is 1.21 bits per heavy atom. The molecule has 0 saturated carbocycles. The van der Waals surface area contributed by atoms with Gasteiger partial charge >= 0.3 is 11.8 Å². The van der Waals surface area contributed by atoms with Crippen LogP contribution in [-0.4, -0.2) is 85.6 Å². The highest BCUT2D eigenvalue weighted by Crippen LogP contribution is 2.22. The first-order chi connectivity index (χ1) is 13.4. The number of carbonyl (C=O) groups is 3. The molecule has 0 unspecified atom stereocenters. The Morgan fingerprint density at radius 3 is 2.54 bits per heavy atom. The van der Waals surface area contributed by atoms with Crippen molar-refractivity contribution in [2.75, 3.05) is 53.1 Å². The lowest BCUT2D eigenvalue weighted by Gasteiger charge is -2.32. The van der Waals surface area contributed by atoms with Crippen LogP contribution in [0.25, 0.3) is 0 Å². The number of hydrogen-bond donors (Lipinski definition) is 2. The molecular weight excluding hydrogens is 378 g/mol. The number of likely N-dealkylation sites (tertiary alicyclic amines) is 1. The van der Waals surface area contributed by atoms with E-state index in [0.29, 0.717) is 38.3 Å². The molecule has 2 rings (SSSR count). The minimum atomic E-state index is -0.601. The topological polar surface area (TPSA) is 94.6 Å². The Hall–Kier alpha value is -2.13. The van der Waals surface area contributed by atoms with Crippen molar-refractivity contribution in [3.05, 3.63) is 23.9 Å². The monoisotopic (exact) mass is 407 g/mol. The minimum absolute atomic E-state index is 0.000190. The number of rotatable bonds is 7. The van der Waals surface area contributed by atoms with Crippen molar-refractivity contribution in [2.24, 2.45) is 5.92 Å². The van der Waals surface area contributed by atoms with E-state index in [1.807, 2.05) is 36.2 Å². The van der Waals surface area contributed by atoms with Gasteiger partial charge in [0.25, 0.3) is 5.91 Å². The van der Waals surface area contributed by atoms with E-state index in [1.165, 1.54) is 11.8 Å². The van der Waals surface area contributed by atoms with Gasteiger partial charge in [-0.15, -0.1) is 11.8 Å². The second kappa shape index (κ2) is 11.0. The Labute approximate surface area is 170 Å². The second-order valence-corrected chi connectivity index (χ2v) is 7.86. The molecule has 0 aromatic carbocycles. The summed E-state index contributed by atoms with van der Waals surface area (Å²) in [6.07, 6.45) is 5.19. The Bertz CT molecular complexity index is 690. The van der Waals surface area contributed by atoms with Crippen molar-refractivity contribution in [1.82, 2.24) is 25.4 Å². The average molecular weight is 408 g/mol. The number of nitrogens with one attached hydrogen (secondary N) is 2. The largest absolute Gasteiger partial charge is 0.348 e. The van der Waals surface area contributed by atoms with Gasteiger partial charge in [-0.1, -0.05) is 0 Å². The molecule has 0 bridgehead atoms. The first-order valence-corrected chi connectivity index (χ1v) is 10.6. The summed E-state index contributed by atoms with van der Waals surface area (Å²) < 4.78 is 0. The van der Waals surface area contributed by atoms with Crippen LogP contribution in [0.2, 0.25) is 0 Å². The lowest BCUT2D eigenvalue weighted by Crippen LogP contribution is -2.45. The summed E-state index contributed by atoms with van der Waals surface area (Å²) in [5, 5.41) is 6.04. The van der Waals surface area contributed by atoms with Gasteiger partial charge in [0.2, 0.25) is 0 Å². The molecule has 1 fully saturated rings. The summed E-state index contributed by atoms with van der Waals surface area (Å²) in [4.78, 5) is 44.4. The third-order valence-electron chi connectivity index (χ3n) is 4.70. The molecule has 2 heterocycles. The van der Waals surface area contributed by atoms with Gasteiger partial charge in [0.15, 0.2) is 0 Å². The Balaban J connectivity index is 1.74. The number of pyridine rings is 1. The number of amides is 3. The Morgan fingerprint density at radius 2 is 1.89 bits per heavy atom. The number of aromatic nitrogens is 1. The van der Waals surface area contributed by atoms with Crippen molar-refractivity contribution in [3.8, 4) is 0 Å². The van der Waals surface area contributed by atoms with Gasteiger partial charge in [0, 0.05) is 38.9 Å². The number of nitrogens with zero attached hydrogens (tertiary/aromatic N) is 3. The maximum atomic E-state index is 12.7. The third kappa shape index (κ3) is 6.49. The molecule has 1 aromatic heterocycles. The van der Waals surface area contributed by atoms with Crippen molar-refractivity contribution in [1.29, 1.82) is 0 Å². The van der Waals surface area contributed by atoms with Crippen LogP contribution in [-0.2, 0) is 9.59 Å². The molecule has 0 radical (unpaired) electrons. The fraction of sp³-hybridized carbons (Fsp3) is 0.579. The number of thioether (sulfide) groups is 1. The van der Waals surface area contributed by atoms with E-state index >= 15 is 0 Å². The zero-order valence-corrected chi connectivity index (χ0v) is 17.6. The van der Waals surface area contributed by atoms with Crippen LogP contribution < -0.4 is 10.6 Å². The normalized spacial score (nSPS) is 14.8. The molecule has 0 atom stereocenters. The third-order valence-corrected chi connectivity index (χ3v) is 5.41. The van der Waals surface area contributed by atoms with Gasteiger partial charge in [-0.3, -0.25) is 14.4 Å². The van der Waals surface area contributed by atoms with Crippen molar-refractivity contribution < 1.29 is 14.4 Å². The summed E-state index contributed by atoms with van der Waals surface area (Å²) in [5.74, 6) is -0.940. The van der Waals surface area contributed by atoms with Gasteiger partial charge < -0.3 is 20.4 Å². The van der Waals surface area contributed by atoms with E-state index in [2.05, 4.69) is 15.6 Å². The summed E-state index contributed by atoms with van der Waals surface area (Å²) in [6, 6.07) is 3.58. The standard InChI is InChI=1S/C19H29N5O3S/c1-23(2)12-9-20-16(25)17(26)22-13-14-6-10-24(11-7-14)19(27)15-5-4-8-21-18(15)28-3/h4-5,8,14H,6-7,9-13H2,1-3H3,(H,20,25)(H,22,26). The molecule has 9 heteroatoms. The van der Waals surface area contributed by atoms with E-state index in [0.717, 1.165) is 17.9 Å². The number of likely N-dealkylation sites (N-methyl/N-ethyl adjacent to an activating group) is 1. The fourth-order valence-corrected chi connectivity index (χ4v) is 3.56. The Kier molecular flexibility index (Phi) is 8.72. The lowest BCUT2D eigenvalue weighted by molar-refractivity contribution is -0.139. The highest BCUT2D eigenvalue weighted by atomic mass is 32.2. The van der Waals surface area contributed by atoms with Gasteiger partial charge in [-0.05, 0) is 51.2 Å². The maximum absolute atomic E-state index is 12.7. The first kappa shape index (κ1) is 22.2. The van der Waals surface area contributed by atoms with Gasteiger partial charge in [-0.25, -0.2) is 4.98 Å². The molecular formula is C19H29N5O3S. The van der Waals surface area contributed by atoms with E-state index in [-0.39, 0.29) is 11.8 Å². The molecule has 28 heavy (non-hydrogen) atoms. The van der Waals surface area contributed by atoms with Crippen molar-refractivity contribution >= 4 is 29.5 Å². The lowest BCUT2D eigenvalue weighted by atomic mass is 9.96. The highest BCUT2D eigenvalue weighted by molar-refractivity contribution is 7.98. The summed E-state index contributed by atoms with van der Waals surface area (Å²) in [7, 11) is 3.80. The SMILES string of the molecule is CSc1ncccc1C(=O)N1CCC(CNC(=O)C(=O)NCCN(C)C)CC1. The summed E-state index contributed by atoms with van der Waals surface area (Å²) >= 11 is 1.46. The van der Waals surface area contributed by atoms with Crippen molar-refractivity contribution in [2.45, 2.75) is 17.9 Å². The summed E-state index contributed by atoms with van der Waals surface area (Å²) in [5.41, 5.74) is 0.635. The van der Waals surface area contributed by atoms with Crippen molar-refractivity contribution in [3.63, 3.8) is 0 Å². The molecule has 1 aliphatic rings. The van der Waals surface area contributed by atoms with Gasteiger partial charge in [0.1, 0.15) is 5.03 Å². The van der Waals surface area contributed by atoms with E-state index in [9.17, 15) is 14.4 Å². The predicted octanol–water partition coefficient (Wildman–Crippen LogP) is 0.450. The molecule has 1 aromatic rings. The molecule has 0 spiro atoms. The first-order valence-electron chi connectivity index (χ1n) is 9.41. The van der Waals surface area contributed by atoms with Crippen LogP contribution in [0.3, 0.4) is 0 Å². The number of hydrogen-bond acceptors (Lipinski definition) is 6. The molecule has 8 nitrogen and oxygen atoms in total. The average Bonchev–Trinajstić information content (AvgIpc) is 2.71. The quantitative estimate of drug-likeness (QED) is 0.503. The van der Waals surface area contributed by atoms with E-state index in [4.69, 9.17) is 0 Å². The van der Waals surface area contributed by atoms with Crippen LogP contribution in [0, 0.1) is 5.92 Å². The predicted molar refractivity (Wildman–Crippen MR) is 109 cm³/mol. The van der Waals surface area contributed by atoms with E-state index in [1.54, 1.807) is 12.3 Å². The smallest absolute Gasteiger partial charge is 0.309 e. The molecule has 154 valence electrons. The maximum Gasteiger partial charge on any atom is 0.309 e. The van der Waals surface area contributed by atoms with Crippen LogP contribution in [0.4, 0.5) is 0 Å².